The van der Waals surface area contributed by atoms with Gasteiger partial charge >= 0.3 is 0 Å². The molecule has 3 atom stereocenters. The standard InChI is InChI=1S/C19H20ClN3O4S2/c1-12(17(24)22-14-5-3-2-4-6-14)28-19-21-11-16(18(25)23-19)29(26,27)15-9-7-13(20)8-10-15/h2-10,12,16,19,21H,11H2,1H3,(H,22,24)(H,23,25). The average Bonchev–Trinajstić information content (AvgIpc) is 2.69. The lowest BCUT2D eigenvalue weighted by Gasteiger charge is -2.31. The molecule has 154 valence electrons. The van der Waals surface area contributed by atoms with Crippen molar-refractivity contribution >= 4 is 50.7 Å². The number of carbonyl (C=O) groups is 2. The molecule has 0 saturated carbocycles. The van der Waals surface area contributed by atoms with Gasteiger partial charge in [-0.3, -0.25) is 14.9 Å². The summed E-state index contributed by atoms with van der Waals surface area (Å²) in [6.07, 6.45) is 0. The predicted octanol–water partition coefficient (Wildman–Crippen LogP) is 2.25. The van der Waals surface area contributed by atoms with Crippen molar-refractivity contribution in [2.24, 2.45) is 0 Å². The Morgan fingerprint density at radius 2 is 1.83 bits per heavy atom. The van der Waals surface area contributed by atoms with Gasteiger partial charge in [0.1, 0.15) is 5.50 Å². The Bertz CT molecular complexity index is 984. The first-order valence-corrected chi connectivity index (χ1v) is 11.7. The van der Waals surface area contributed by atoms with E-state index in [1.54, 1.807) is 19.1 Å². The van der Waals surface area contributed by atoms with Crippen LogP contribution in [0.4, 0.5) is 5.69 Å². The van der Waals surface area contributed by atoms with E-state index in [1.807, 2.05) is 18.2 Å². The first-order chi connectivity index (χ1) is 13.8. The van der Waals surface area contributed by atoms with Crippen LogP contribution in [0.1, 0.15) is 6.92 Å². The molecule has 1 fully saturated rings. The summed E-state index contributed by atoms with van der Waals surface area (Å²) in [5, 5.41) is 7.09. The molecule has 0 bridgehead atoms. The van der Waals surface area contributed by atoms with Crippen molar-refractivity contribution in [2.45, 2.75) is 27.8 Å². The number of rotatable bonds is 6. The number of nitrogens with one attached hydrogen (secondary N) is 3. The van der Waals surface area contributed by atoms with Gasteiger partial charge in [-0.1, -0.05) is 29.8 Å². The zero-order valence-electron chi connectivity index (χ0n) is 15.5. The van der Waals surface area contributed by atoms with E-state index in [2.05, 4.69) is 16.0 Å². The molecular formula is C19H20ClN3O4S2. The summed E-state index contributed by atoms with van der Waals surface area (Å²) in [6, 6.07) is 14.7. The van der Waals surface area contributed by atoms with Gasteiger partial charge in [0, 0.05) is 17.3 Å². The van der Waals surface area contributed by atoms with Gasteiger partial charge in [0.05, 0.1) is 10.1 Å². The fourth-order valence-corrected chi connectivity index (χ4v) is 5.34. The Morgan fingerprint density at radius 3 is 2.45 bits per heavy atom. The summed E-state index contributed by atoms with van der Waals surface area (Å²) in [4.78, 5) is 24.8. The van der Waals surface area contributed by atoms with Crippen LogP contribution in [0.15, 0.2) is 59.5 Å². The van der Waals surface area contributed by atoms with Crippen molar-refractivity contribution in [2.75, 3.05) is 11.9 Å². The van der Waals surface area contributed by atoms with Crippen LogP contribution < -0.4 is 16.0 Å². The van der Waals surface area contributed by atoms with Crippen LogP contribution in [0.5, 0.6) is 0 Å². The third-order valence-corrected chi connectivity index (χ3v) is 7.81. The highest BCUT2D eigenvalue weighted by Crippen LogP contribution is 2.23. The first-order valence-electron chi connectivity index (χ1n) is 8.82. The number of carbonyl (C=O) groups excluding carboxylic acids is 2. The third kappa shape index (κ3) is 5.30. The van der Waals surface area contributed by atoms with Crippen LogP contribution in [0.2, 0.25) is 5.02 Å². The second kappa shape index (κ2) is 9.17. The summed E-state index contributed by atoms with van der Waals surface area (Å²) in [5.74, 6) is -0.819. The van der Waals surface area contributed by atoms with Gasteiger partial charge in [0.2, 0.25) is 11.8 Å². The SMILES string of the molecule is CC(SC1NCC(S(=O)(=O)c2ccc(Cl)cc2)C(=O)N1)C(=O)Nc1ccccc1. The Balaban J connectivity index is 1.59. The van der Waals surface area contributed by atoms with Crippen LogP contribution in [-0.2, 0) is 19.4 Å². The van der Waals surface area contributed by atoms with E-state index in [0.717, 1.165) is 0 Å². The summed E-state index contributed by atoms with van der Waals surface area (Å²) >= 11 is 6.99. The van der Waals surface area contributed by atoms with Crippen molar-refractivity contribution in [1.29, 1.82) is 0 Å². The van der Waals surface area contributed by atoms with Gasteiger partial charge in [-0.2, -0.15) is 0 Å². The molecule has 2 amide bonds. The van der Waals surface area contributed by atoms with E-state index in [1.165, 1.54) is 36.0 Å². The summed E-state index contributed by atoms with van der Waals surface area (Å²) in [7, 11) is -3.86. The Morgan fingerprint density at radius 1 is 1.17 bits per heavy atom. The van der Waals surface area contributed by atoms with Crippen LogP contribution in [-0.4, -0.2) is 42.8 Å². The van der Waals surface area contributed by atoms with E-state index < -0.39 is 31.7 Å². The van der Waals surface area contributed by atoms with Gasteiger partial charge in [0.25, 0.3) is 0 Å². The average molecular weight is 454 g/mol. The van der Waals surface area contributed by atoms with E-state index in [-0.39, 0.29) is 17.3 Å². The minimum absolute atomic E-state index is 0.0329. The molecule has 2 aromatic rings. The molecule has 10 heteroatoms. The molecule has 1 aliphatic heterocycles. The van der Waals surface area contributed by atoms with Crippen LogP contribution in [0, 0.1) is 0 Å². The quantitative estimate of drug-likeness (QED) is 0.619. The van der Waals surface area contributed by atoms with Crippen molar-refractivity contribution in [1.82, 2.24) is 10.6 Å². The van der Waals surface area contributed by atoms with Gasteiger partial charge in [-0.15, -0.1) is 11.8 Å². The number of halogens is 1. The van der Waals surface area contributed by atoms with Crippen molar-refractivity contribution < 1.29 is 18.0 Å². The van der Waals surface area contributed by atoms with E-state index >= 15 is 0 Å². The minimum Gasteiger partial charge on any atom is -0.331 e. The lowest BCUT2D eigenvalue weighted by atomic mass is 10.3. The van der Waals surface area contributed by atoms with E-state index in [9.17, 15) is 18.0 Å². The molecule has 3 N–H and O–H groups in total. The molecule has 7 nitrogen and oxygen atoms in total. The first kappa shape index (κ1) is 21.6. The topological polar surface area (TPSA) is 104 Å². The monoisotopic (exact) mass is 453 g/mol. The molecule has 3 unspecified atom stereocenters. The van der Waals surface area contributed by atoms with Crippen molar-refractivity contribution in [3.05, 3.63) is 59.6 Å². The number of amides is 2. The smallest absolute Gasteiger partial charge is 0.241 e. The van der Waals surface area contributed by atoms with E-state index in [0.29, 0.717) is 10.7 Å². The fourth-order valence-electron chi connectivity index (χ4n) is 2.73. The largest absolute Gasteiger partial charge is 0.331 e. The molecule has 0 spiro atoms. The number of hydrogen-bond donors (Lipinski definition) is 3. The van der Waals surface area contributed by atoms with E-state index in [4.69, 9.17) is 11.6 Å². The number of hydrogen-bond acceptors (Lipinski definition) is 6. The highest BCUT2D eigenvalue weighted by Gasteiger charge is 2.39. The van der Waals surface area contributed by atoms with Crippen LogP contribution >= 0.6 is 23.4 Å². The van der Waals surface area contributed by atoms with Gasteiger partial charge in [-0.05, 0) is 43.3 Å². The normalized spacial score (nSPS) is 20.6. The Hall–Kier alpha value is -2.07. The number of para-hydroxylation sites is 1. The summed E-state index contributed by atoms with van der Waals surface area (Å²) < 4.78 is 25.5. The highest BCUT2D eigenvalue weighted by atomic mass is 35.5. The van der Waals surface area contributed by atoms with Gasteiger partial charge in [-0.25, -0.2) is 8.42 Å². The maximum absolute atomic E-state index is 12.7. The molecule has 29 heavy (non-hydrogen) atoms. The molecule has 0 aliphatic carbocycles. The maximum atomic E-state index is 12.7. The highest BCUT2D eigenvalue weighted by molar-refractivity contribution is 8.01. The molecule has 1 aliphatic rings. The van der Waals surface area contributed by atoms with Gasteiger partial charge < -0.3 is 10.6 Å². The molecule has 0 aromatic heterocycles. The second-order valence-electron chi connectivity index (χ2n) is 6.42. The molecule has 3 rings (SSSR count). The molecule has 2 aromatic carbocycles. The Kier molecular flexibility index (Phi) is 6.84. The van der Waals surface area contributed by atoms with Crippen LogP contribution in [0.3, 0.4) is 0 Å². The summed E-state index contributed by atoms with van der Waals surface area (Å²) in [6.45, 7) is 1.66. The number of thioether (sulfide) groups is 1. The van der Waals surface area contributed by atoms with Gasteiger partial charge in [0.15, 0.2) is 15.1 Å². The Labute approximate surface area is 178 Å². The number of sulfone groups is 1. The molecule has 1 saturated heterocycles. The fraction of sp³-hybridized carbons (Fsp3) is 0.263. The zero-order valence-corrected chi connectivity index (χ0v) is 17.9. The summed E-state index contributed by atoms with van der Waals surface area (Å²) in [5.41, 5.74) is 0.107. The molecule has 0 radical (unpaired) electrons. The lowest BCUT2D eigenvalue weighted by Crippen LogP contribution is -2.59. The maximum Gasteiger partial charge on any atom is 0.241 e. The number of benzene rings is 2. The second-order valence-corrected chi connectivity index (χ2v) is 10.4. The third-order valence-electron chi connectivity index (χ3n) is 4.32. The minimum atomic E-state index is -3.86. The lowest BCUT2D eigenvalue weighted by molar-refractivity contribution is -0.122. The van der Waals surface area contributed by atoms with Crippen molar-refractivity contribution in [3.63, 3.8) is 0 Å². The molecule has 1 heterocycles. The number of anilines is 1. The van der Waals surface area contributed by atoms with Crippen LogP contribution in [0.25, 0.3) is 0 Å². The predicted molar refractivity (Wildman–Crippen MR) is 114 cm³/mol. The van der Waals surface area contributed by atoms with Crippen molar-refractivity contribution in [3.8, 4) is 0 Å². The zero-order chi connectivity index (χ0) is 21.0. The molecular weight excluding hydrogens is 434 g/mol.